The van der Waals surface area contributed by atoms with Gasteiger partial charge in [0.05, 0.1) is 12.2 Å². The number of aliphatic hydroxyl groups is 1. The molecule has 1 aliphatic rings. The van der Waals surface area contributed by atoms with E-state index in [4.69, 9.17) is 4.43 Å². The van der Waals surface area contributed by atoms with Crippen LogP contribution in [0, 0.1) is 0 Å². The normalized spacial score (nSPS) is 28.1. The molecule has 0 heterocycles. The first-order chi connectivity index (χ1) is 6.72. The summed E-state index contributed by atoms with van der Waals surface area (Å²) >= 11 is 0. The number of aliphatic hydroxyl groups excluding tert-OH is 1. The van der Waals surface area contributed by atoms with E-state index in [2.05, 4.69) is 33.9 Å². The third-order valence-corrected chi connectivity index (χ3v) is 8.05. The molecule has 0 radical (unpaired) electrons. The van der Waals surface area contributed by atoms with E-state index in [1.54, 1.807) is 0 Å². The summed E-state index contributed by atoms with van der Waals surface area (Å²) in [5.74, 6) is 0. The molecule has 2 atom stereocenters. The summed E-state index contributed by atoms with van der Waals surface area (Å²) in [7, 11) is -1.65. The lowest BCUT2D eigenvalue weighted by molar-refractivity contribution is 0.149. The topological polar surface area (TPSA) is 29.5 Å². The first-order valence-electron chi connectivity index (χ1n) is 5.76. The highest BCUT2D eigenvalue weighted by molar-refractivity contribution is 6.74. The molecule has 0 aromatic heterocycles. The Bertz CT molecular complexity index is 240. The first kappa shape index (κ1) is 12.9. The van der Waals surface area contributed by atoms with Crippen molar-refractivity contribution in [1.29, 1.82) is 0 Å². The lowest BCUT2D eigenvalue weighted by Crippen LogP contribution is -2.44. The summed E-state index contributed by atoms with van der Waals surface area (Å²) in [4.78, 5) is 0. The summed E-state index contributed by atoms with van der Waals surface area (Å²) in [6, 6.07) is 0. The largest absolute Gasteiger partial charge is 0.411 e. The van der Waals surface area contributed by atoms with Crippen LogP contribution in [0.15, 0.2) is 12.2 Å². The Balaban J connectivity index is 2.59. The van der Waals surface area contributed by atoms with E-state index in [9.17, 15) is 5.11 Å². The summed E-state index contributed by atoms with van der Waals surface area (Å²) in [6.07, 6.45) is 5.62. The van der Waals surface area contributed by atoms with Crippen LogP contribution in [-0.2, 0) is 4.43 Å². The van der Waals surface area contributed by atoms with Crippen molar-refractivity contribution in [3.05, 3.63) is 12.2 Å². The predicted octanol–water partition coefficient (Wildman–Crippen LogP) is 3.09. The molecular formula is C12H24O2Si. The van der Waals surface area contributed by atoms with Gasteiger partial charge in [-0.25, -0.2) is 0 Å². The van der Waals surface area contributed by atoms with Crippen LogP contribution >= 0.6 is 0 Å². The molecule has 0 aromatic rings. The lowest BCUT2D eigenvalue weighted by atomic mass is 10.0. The molecule has 1 aliphatic carbocycles. The minimum absolute atomic E-state index is 0.217. The average molecular weight is 228 g/mol. The van der Waals surface area contributed by atoms with Gasteiger partial charge in [-0.2, -0.15) is 0 Å². The highest BCUT2D eigenvalue weighted by Crippen LogP contribution is 2.38. The number of rotatable bonds is 2. The van der Waals surface area contributed by atoms with E-state index in [1.807, 2.05) is 12.2 Å². The fourth-order valence-electron chi connectivity index (χ4n) is 1.43. The van der Waals surface area contributed by atoms with E-state index < -0.39 is 8.32 Å². The van der Waals surface area contributed by atoms with Crippen molar-refractivity contribution in [2.45, 2.75) is 64.0 Å². The van der Waals surface area contributed by atoms with Crippen LogP contribution in [-0.4, -0.2) is 25.6 Å². The summed E-state index contributed by atoms with van der Waals surface area (Å²) in [6.45, 7) is 11.3. The zero-order valence-electron chi connectivity index (χ0n) is 10.6. The second-order valence-corrected chi connectivity index (χ2v) is 10.7. The molecule has 0 saturated carbocycles. The van der Waals surface area contributed by atoms with Gasteiger partial charge in [-0.1, -0.05) is 32.9 Å². The van der Waals surface area contributed by atoms with E-state index in [-0.39, 0.29) is 17.2 Å². The maximum absolute atomic E-state index is 9.35. The molecule has 88 valence electrons. The molecule has 2 nitrogen and oxygen atoms in total. The minimum Gasteiger partial charge on any atom is -0.411 e. The third kappa shape index (κ3) is 3.43. The van der Waals surface area contributed by atoms with Crippen molar-refractivity contribution in [1.82, 2.24) is 0 Å². The van der Waals surface area contributed by atoms with Crippen molar-refractivity contribution in [3.63, 3.8) is 0 Å². The molecule has 0 aromatic carbocycles. The van der Waals surface area contributed by atoms with Gasteiger partial charge in [0.1, 0.15) is 0 Å². The van der Waals surface area contributed by atoms with E-state index >= 15 is 0 Å². The predicted molar refractivity (Wildman–Crippen MR) is 66.5 cm³/mol. The standard InChI is InChI=1S/C12H24O2Si/c1-12(2,3)15(4,5)14-11-8-6-10(13)7-9-11/h6,8,10-11,13H,7,9H2,1-5H3/t10-,11+/m0/s1. The fourth-order valence-corrected chi connectivity index (χ4v) is 2.74. The minimum atomic E-state index is -1.65. The van der Waals surface area contributed by atoms with Crippen molar-refractivity contribution in [3.8, 4) is 0 Å². The molecule has 15 heavy (non-hydrogen) atoms. The highest BCUT2D eigenvalue weighted by Gasteiger charge is 2.38. The van der Waals surface area contributed by atoms with E-state index in [0.717, 1.165) is 12.8 Å². The van der Waals surface area contributed by atoms with Crippen LogP contribution in [0.2, 0.25) is 18.1 Å². The second-order valence-electron chi connectivity index (χ2n) is 5.95. The van der Waals surface area contributed by atoms with Crippen LogP contribution in [0.1, 0.15) is 33.6 Å². The van der Waals surface area contributed by atoms with Crippen LogP contribution < -0.4 is 0 Å². The molecule has 1 N–H and O–H groups in total. The van der Waals surface area contributed by atoms with Gasteiger partial charge < -0.3 is 9.53 Å². The molecule has 0 bridgehead atoms. The fraction of sp³-hybridized carbons (Fsp3) is 0.833. The summed E-state index contributed by atoms with van der Waals surface area (Å²) < 4.78 is 6.23. The van der Waals surface area contributed by atoms with Gasteiger partial charge in [-0.15, -0.1) is 0 Å². The second kappa shape index (κ2) is 4.40. The SMILES string of the molecule is CC(C)(C)[Si](C)(C)O[C@@H]1C=C[C@H](O)CC1. The summed E-state index contributed by atoms with van der Waals surface area (Å²) in [5, 5.41) is 9.61. The maximum atomic E-state index is 9.35. The molecule has 0 amide bonds. The van der Waals surface area contributed by atoms with Crippen molar-refractivity contribution in [2.24, 2.45) is 0 Å². The Labute approximate surface area is 94.5 Å². The highest BCUT2D eigenvalue weighted by atomic mass is 28.4. The summed E-state index contributed by atoms with van der Waals surface area (Å²) in [5.41, 5.74) is 0. The lowest BCUT2D eigenvalue weighted by Gasteiger charge is -2.39. The van der Waals surface area contributed by atoms with Gasteiger partial charge >= 0.3 is 0 Å². The molecule has 0 saturated heterocycles. The molecule has 0 spiro atoms. The maximum Gasteiger partial charge on any atom is 0.192 e. The van der Waals surface area contributed by atoms with Crippen molar-refractivity contribution in [2.75, 3.05) is 0 Å². The van der Waals surface area contributed by atoms with Crippen LogP contribution in [0.5, 0.6) is 0 Å². The molecule has 0 fully saturated rings. The van der Waals surface area contributed by atoms with Crippen LogP contribution in [0.4, 0.5) is 0 Å². The van der Waals surface area contributed by atoms with Gasteiger partial charge in [-0.05, 0) is 31.0 Å². The molecule has 3 heteroatoms. The van der Waals surface area contributed by atoms with E-state index in [0.29, 0.717) is 0 Å². The van der Waals surface area contributed by atoms with Crippen molar-refractivity contribution >= 4 is 8.32 Å². The van der Waals surface area contributed by atoms with Gasteiger partial charge in [0.25, 0.3) is 0 Å². The molecular weight excluding hydrogens is 204 g/mol. The Kier molecular flexibility index (Phi) is 3.79. The number of hydrogen-bond donors (Lipinski definition) is 1. The Morgan fingerprint density at radius 1 is 1.20 bits per heavy atom. The zero-order chi connectivity index (χ0) is 11.7. The first-order valence-corrected chi connectivity index (χ1v) is 8.67. The monoisotopic (exact) mass is 228 g/mol. The molecule has 1 rings (SSSR count). The smallest absolute Gasteiger partial charge is 0.192 e. The van der Waals surface area contributed by atoms with Gasteiger partial charge in [0.15, 0.2) is 8.32 Å². The van der Waals surface area contributed by atoms with Crippen LogP contribution in [0.3, 0.4) is 0 Å². The Morgan fingerprint density at radius 3 is 2.20 bits per heavy atom. The zero-order valence-corrected chi connectivity index (χ0v) is 11.6. The van der Waals surface area contributed by atoms with Gasteiger partial charge in [0.2, 0.25) is 0 Å². The molecule has 0 aliphatic heterocycles. The van der Waals surface area contributed by atoms with Gasteiger partial charge in [0, 0.05) is 0 Å². The van der Waals surface area contributed by atoms with Crippen molar-refractivity contribution < 1.29 is 9.53 Å². The quantitative estimate of drug-likeness (QED) is 0.581. The Hall–Kier alpha value is -0.123. The van der Waals surface area contributed by atoms with E-state index in [1.165, 1.54) is 0 Å². The average Bonchev–Trinajstić information content (AvgIpc) is 2.06. The molecule has 0 unspecified atom stereocenters. The van der Waals surface area contributed by atoms with Crippen LogP contribution in [0.25, 0.3) is 0 Å². The van der Waals surface area contributed by atoms with Gasteiger partial charge in [-0.3, -0.25) is 0 Å². The number of hydrogen-bond acceptors (Lipinski definition) is 2. The Morgan fingerprint density at radius 2 is 1.80 bits per heavy atom. The third-order valence-electron chi connectivity index (χ3n) is 3.55.